The normalized spacial score (nSPS) is 15.9. The Morgan fingerprint density at radius 3 is 2.81 bits per heavy atom. The number of ether oxygens (including phenoxy) is 2. The van der Waals surface area contributed by atoms with E-state index < -0.39 is 0 Å². The zero-order valence-corrected chi connectivity index (χ0v) is 12.4. The van der Waals surface area contributed by atoms with Crippen molar-refractivity contribution >= 4 is 5.78 Å². The zero-order chi connectivity index (χ0) is 15.1. The number of ketones is 1. The summed E-state index contributed by atoms with van der Waals surface area (Å²) < 4.78 is 24.7. The van der Waals surface area contributed by atoms with Gasteiger partial charge in [0.25, 0.3) is 0 Å². The third-order valence-corrected chi connectivity index (χ3v) is 3.59. The molecule has 1 aromatic rings. The van der Waals surface area contributed by atoms with Gasteiger partial charge >= 0.3 is 0 Å². The number of Topliss-reactive ketones (excluding diaryl/α,β-unsaturated/α-hetero) is 1. The maximum absolute atomic E-state index is 13.9. The Morgan fingerprint density at radius 2 is 2.14 bits per heavy atom. The van der Waals surface area contributed by atoms with Crippen molar-refractivity contribution in [1.82, 2.24) is 4.90 Å². The molecule has 1 aliphatic heterocycles. The van der Waals surface area contributed by atoms with E-state index in [1.54, 1.807) is 19.1 Å². The van der Waals surface area contributed by atoms with Gasteiger partial charge in [0.1, 0.15) is 24.0 Å². The monoisotopic (exact) mass is 295 g/mol. The first-order valence-electron chi connectivity index (χ1n) is 7.42. The van der Waals surface area contributed by atoms with E-state index in [1.165, 1.54) is 6.07 Å². The van der Waals surface area contributed by atoms with Crippen molar-refractivity contribution in [2.24, 2.45) is 0 Å². The number of halogens is 1. The highest BCUT2D eigenvalue weighted by Crippen LogP contribution is 2.17. The van der Waals surface area contributed by atoms with Crippen LogP contribution in [0.2, 0.25) is 0 Å². The highest BCUT2D eigenvalue weighted by atomic mass is 19.1. The summed E-state index contributed by atoms with van der Waals surface area (Å²) in [7, 11) is 0. The molecule has 5 heteroatoms. The smallest absolute Gasteiger partial charge is 0.137 e. The van der Waals surface area contributed by atoms with E-state index in [-0.39, 0.29) is 18.0 Å². The van der Waals surface area contributed by atoms with Crippen molar-refractivity contribution in [2.45, 2.75) is 19.8 Å². The largest absolute Gasteiger partial charge is 0.492 e. The van der Waals surface area contributed by atoms with Crippen LogP contribution in [0.1, 0.15) is 18.9 Å². The van der Waals surface area contributed by atoms with Crippen LogP contribution in [-0.2, 0) is 16.0 Å². The van der Waals surface area contributed by atoms with Crippen molar-refractivity contribution in [1.29, 1.82) is 0 Å². The van der Waals surface area contributed by atoms with Crippen molar-refractivity contribution in [3.63, 3.8) is 0 Å². The molecule has 0 unspecified atom stereocenters. The molecule has 0 radical (unpaired) electrons. The van der Waals surface area contributed by atoms with Crippen LogP contribution in [0.25, 0.3) is 0 Å². The lowest BCUT2D eigenvalue weighted by Crippen LogP contribution is -2.38. The number of nitrogens with zero attached hydrogens (tertiary/aromatic N) is 1. The average molecular weight is 295 g/mol. The minimum Gasteiger partial charge on any atom is -0.492 e. The third kappa shape index (κ3) is 5.10. The third-order valence-electron chi connectivity index (χ3n) is 3.59. The first-order valence-corrected chi connectivity index (χ1v) is 7.42. The van der Waals surface area contributed by atoms with Gasteiger partial charge in [0.05, 0.1) is 13.2 Å². The number of hydrogen-bond acceptors (Lipinski definition) is 4. The van der Waals surface area contributed by atoms with Crippen LogP contribution < -0.4 is 4.74 Å². The van der Waals surface area contributed by atoms with E-state index in [9.17, 15) is 9.18 Å². The van der Waals surface area contributed by atoms with Crippen LogP contribution in [0.4, 0.5) is 4.39 Å². The number of benzene rings is 1. The predicted octanol–water partition coefficient (Wildman–Crippen LogP) is 2.06. The molecule has 0 aromatic heterocycles. The van der Waals surface area contributed by atoms with Crippen LogP contribution in [0.15, 0.2) is 18.2 Å². The predicted molar refractivity (Wildman–Crippen MR) is 78.2 cm³/mol. The highest BCUT2D eigenvalue weighted by Gasteiger charge is 2.11. The van der Waals surface area contributed by atoms with Gasteiger partial charge in [0, 0.05) is 38.5 Å². The summed E-state index contributed by atoms with van der Waals surface area (Å²) in [5.41, 5.74) is 0.433. The molecule has 1 heterocycles. The summed E-state index contributed by atoms with van der Waals surface area (Å²) in [5.74, 6) is 0.170. The molecular formula is C16H22FNO3. The van der Waals surface area contributed by atoms with E-state index in [2.05, 4.69) is 4.90 Å². The van der Waals surface area contributed by atoms with E-state index >= 15 is 0 Å². The van der Waals surface area contributed by atoms with Gasteiger partial charge in [0.15, 0.2) is 0 Å². The zero-order valence-electron chi connectivity index (χ0n) is 12.4. The second kappa shape index (κ2) is 8.10. The molecule has 0 amide bonds. The fraction of sp³-hybridized carbons (Fsp3) is 0.562. The first kappa shape index (κ1) is 15.9. The molecule has 21 heavy (non-hydrogen) atoms. The topological polar surface area (TPSA) is 38.8 Å². The van der Waals surface area contributed by atoms with Crippen LogP contribution in [0.3, 0.4) is 0 Å². The number of carbonyl (C=O) groups excluding carboxylic acids is 1. The molecule has 1 saturated heterocycles. The van der Waals surface area contributed by atoms with Gasteiger partial charge in [0.2, 0.25) is 0 Å². The highest BCUT2D eigenvalue weighted by molar-refractivity contribution is 5.80. The molecule has 0 spiro atoms. The summed E-state index contributed by atoms with van der Waals surface area (Å²) in [4.78, 5) is 13.6. The summed E-state index contributed by atoms with van der Waals surface area (Å²) in [6.07, 6.45) is 0.577. The molecule has 2 rings (SSSR count). The van der Waals surface area contributed by atoms with Crippen LogP contribution in [-0.4, -0.2) is 50.1 Å². The van der Waals surface area contributed by atoms with Crippen molar-refractivity contribution in [3.05, 3.63) is 29.6 Å². The summed E-state index contributed by atoms with van der Waals surface area (Å²) in [6, 6.07) is 4.71. The van der Waals surface area contributed by atoms with E-state index in [0.717, 1.165) is 32.8 Å². The van der Waals surface area contributed by atoms with Gasteiger partial charge in [-0.05, 0) is 11.6 Å². The molecular weight excluding hydrogens is 273 g/mol. The van der Waals surface area contributed by atoms with Crippen molar-refractivity contribution in [3.8, 4) is 5.75 Å². The Balaban J connectivity index is 1.80. The lowest BCUT2D eigenvalue weighted by atomic mass is 10.1. The Kier molecular flexibility index (Phi) is 6.14. The minimum absolute atomic E-state index is 0.0369. The lowest BCUT2D eigenvalue weighted by Gasteiger charge is -2.26. The summed E-state index contributed by atoms with van der Waals surface area (Å²) in [6.45, 7) is 6.45. The average Bonchev–Trinajstić information content (AvgIpc) is 2.51. The van der Waals surface area contributed by atoms with Crippen molar-refractivity contribution in [2.75, 3.05) is 39.5 Å². The number of rotatable bonds is 7. The molecule has 0 N–H and O–H groups in total. The van der Waals surface area contributed by atoms with E-state index in [4.69, 9.17) is 9.47 Å². The maximum Gasteiger partial charge on any atom is 0.137 e. The first-order chi connectivity index (χ1) is 10.2. The second-order valence-electron chi connectivity index (χ2n) is 5.12. The Labute approximate surface area is 124 Å². The van der Waals surface area contributed by atoms with Gasteiger partial charge in [-0.3, -0.25) is 9.69 Å². The SMILES string of the molecule is CCC(=O)Cc1ccc(OCCN2CCOCC2)cc1F. The molecule has 1 aromatic carbocycles. The molecule has 0 atom stereocenters. The standard InChI is InChI=1S/C16H22FNO3/c1-2-14(19)11-13-3-4-15(12-16(13)17)21-10-7-18-5-8-20-9-6-18/h3-4,12H,2,5-11H2,1H3. The van der Waals surface area contributed by atoms with Gasteiger partial charge < -0.3 is 9.47 Å². The van der Waals surface area contributed by atoms with Gasteiger partial charge in [-0.2, -0.15) is 0 Å². The van der Waals surface area contributed by atoms with Gasteiger partial charge in [-0.15, -0.1) is 0 Å². The number of hydrogen-bond donors (Lipinski definition) is 0. The van der Waals surface area contributed by atoms with Gasteiger partial charge in [-0.1, -0.05) is 13.0 Å². The molecule has 116 valence electrons. The quantitative estimate of drug-likeness (QED) is 0.772. The molecule has 4 nitrogen and oxygen atoms in total. The Hall–Kier alpha value is -1.46. The number of carbonyl (C=O) groups is 1. The lowest BCUT2D eigenvalue weighted by molar-refractivity contribution is -0.118. The second-order valence-corrected chi connectivity index (χ2v) is 5.12. The maximum atomic E-state index is 13.9. The van der Waals surface area contributed by atoms with Crippen LogP contribution in [0.5, 0.6) is 5.75 Å². The molecule has 1 aliphatic rings. The Bertz CT molecular complexity index is 473. The molecule has 0 aliphatic carbocycles. The van der Waals surface area contributed by atoms with Gasteiger partial charge in [-0.25, -0.2) is 4.39 Å². The van der Waals surface area contributed by atoms with Crippen molar-refractivity contribution < 1.29 is 18.7 Å². The van der Waals surface area contributed by atoms with E-state index in [1.807, 2.05) is 0 Å². The Morgan fingerprint density at radius 1 is 1.38 bits per heavy atom. The molecule has 0 bridgehead atoms. The summed E-state index contributed by atoms with van der Waals surface area (Å²) in [5, 5.41) is 0. The van der Waals surface area contributed by atoms with Crippen LogP contribution >= 0.6 is 0 Å². The minimum atomic E-state index is -0.374. The molecule has 0 saturated carbocycles. The van der Waals surface area contributed by atoms with Crippen LogP contribution in [0, 0.1) is 5.82 Å². The fourth-order valence-electron chi connectivity index (χ4n) is 2.22. The fourth-order valence-corrected chi connectivity index (χ4v) is 2.22. The number of morpholine rings is 1. The van der Waals surface area contributed by atoms with E-state index in [0.29, 0.717) is 24.3 Å². The summed E-state index contributed by atoms with van der Waals surface area (Å²) >= 11 is 0. The molecule has 1 fully saturated rings.